The molecule has 2 N–H and O–H groups in total. The Morgan fingerprint density at radius 2 is 2.00 bits per heavy atom. The van der Waals surface area contributed by atoms with Gasteiger partial charge < -0.3 is 10.4 Å². The second-order valence-corrected chi connectivity index (χ2v) is 4.85. The van der Waals surface area contributed by atoms with Gasteiger partial charge in [0.05, 0.1) is 0 Å². The summed E-state index contributed by atoms with van der Waals surface area (Å²) >= 11 is 0. The standard InChI is InChI=1S/C12H17NO3/c1-2-3-10(12(15)16)13-11(14)9-5-7-4-8(7)6-9/h2,7-10H,1,3-6H2,(H,13,14)(H,15,16). The van der Waals surface area contributed by atoms with E-state index in [1.54, 1.807) is 0 Å². The smallest absolute Gasteiger partial charge is 0.326 e. The molecular formula is C12H17NO3. The number of carbonyl (C=O) groups excluding carboxylic acids is 1. The SMILES string of the molecule is C=CCC(NC(=O)C1CC2CC2C1)C(=O)O. The van der Waals surface area contributed by atoms with Crippen molar-refractivity contribution in [2.75, 3.05) is 0 Å². The lowest BCUT2D eigenvalue weighted by Crippen LogP contribution is -2.43. The van der Waals surface area contributed by atoms with Crippen molar-refractivity contribution in [3.63, 3.8) is 0 Å². The van der Waals surface area contributed by atoms with Gasteiger partial charge in [0.2, 0.25) is 5.91 Å². The first-order valence-corrected chi connectivity index (χ1v) is 5.76. The van der Waals surface area contributed by atoms with Crippen LogP contribution in [-0.4, -0.2) is 23.0 Å². The van der Waals surface area contributed by atoms with Gasteiger partial charge in [-0.2, -0.15) is 0 Å². The molecule has 3 atom stereocenters. The number of carbonyl (C=O) groups is 2. The summed E-state index contributed by atoms with van der Waals surface area (Å²) in [6.07, 6.45) is 4.94. The summed E-state index contributed by atoms with van der Waals surface area (Å²) in [5, 5.41) is 11.5. The van der Waals surface area contributed by atoms with Gasteiger partial charge in [0, 0.05) is 5.92 Å². The molecule has 1 amide bonds. The van der Waals surface area contributed by atoms with Crippen LogP contribution in [0.5, 0.6) is 0 Å². The number of amides is 1. The van der Waals surface area contributed by atoms with Crippen LogP contribution in [0.15, 0.2) is 12.7 Å². The van der Waals surface area contributed by atoms with Gasteiger partial charge in [0.25, 0.3) is 0 Å². The van der Waals surface area contributed by atoms with Crippen molar-refractivity contribution in [3.8, 4) is 0 Å². The summed E-state index contributed by atoms with van der Waals surface area (Å²) < 4.78 is 0. The topological polar surface area (TPSA) is 66.4 Å². The van der Waals surface area contributed by atoms with E-state index in [-0.39, 0.29) is 18.2 Å². The van der Waals surface area contributed by atoms with Crippen LogP contribution in [-0.2, 0) is 9.59 Å². The van der Waals surface area contributed by atoms with E-state index >= 15 is 0 Å². The molecule has 2 aliphatic rings. The third-order valence-electron chi connectivity index (χ3n) is 3.63. The zero-order valence-corrected chi connectivity index (χ0v) is 9.19. The van der Waals surface area contributed by atoms with Gasteiger partial charge >= 0.3 is 5.97 Å². The Hall–Kier alpha value is -1.32. The van der Waals surface area contributed by atoms with Crippen molar-refractivity contribution in [2.24, 2.45) is 17.8 Å². The number of aliphatic carboxylic acids is 1. The lowest BCUT2D eigenvalue weighted by Gasteiger charge is -2.16. The first-order valence-electron chi connectivity index (χ1n) is 5.76. The van der Waals surface area contributed by atoms with Crippen molar-refractivity contribution in [1.82, 2.24) is 5.32 Å². The zero-order chi connectivity index (χ0) is 11.7. The van der Waals surface area contributed by atoms with Crippen molar-refractivity contribution in [3.05, 3.63) is 12.7 Å². The van der Waals surface area contributed by atoms with Crippen molar-refractivity contribution >= 4 is 11.9 Å². The van der Waals surface area contributed by atoms with Gasteiger partial charge in [0.15, 0.2) is 0 Å². The molecule has 0 heterocycles. The minimum absolute atomic E-state index is 0.0374. The van der Waals surface area contributed by atoms with Gasteiger partial charge in [-0.15, -0.1) is 6.58 Å². The number of nitrogens with one attached hydrogen (secondary N) is 1. The molecule has 4 heteroatoms. The van der Waals surface area contributed by atoms with E-state index in [2.05, 4.69) is 11.9 Å². The summed E-state index contributed by atoms with van der Waals surface area (Å²) in [4.78, 5) is 22.6. The second kappa shape index (κ2) is 4.28. The van der Waals surface area contributed by atoms with Gasteiger partial charge in [-0.1, -0.05) is 6.08 Å². The van der Waals surface area contributed by atoms with Crippen molar-refractivity contribution < 1.29 is 14.7 Å². The van der Waals surface area contributed by atoms with E-state index in [1.807, 2.05) is 0 Å². The van der Waals surface area contributed by atoms with Crippen LogP contribution < -0.4 is 5.32 Å². The number of hydrogen-bond donors (Lipinski definition) is 2. The Kier molecular flexibility index (Phi) is 2.99. The first kappa shape index (κ1) is 11.2. The van der Waals surface area contributed by atoms with E-state index < -0.39 is 12.0 Å². The molecule has 2 rings (SSSR count). The number of rotatable bonds is 5. The molecule has 3 unspecified atom stereocenters. The van der Waals surface area contributed by atoms with E-state index in [0.717, 1.165) is 24.7 Å². The molecule has 0 bridgehead atoms. The van der Waals surface area contributed by atoms with Gasteiger partial charge in [-0.3, -0.25) is 4.79 Å². The van der Waals surface area contributed by atoms with Crippen LogP contribution in [0.25, 0.3) is 0 Å². The summed E-state index contributed by atoms with van der Waals surface area (Å²) in [7, 11) is 0. The molecule has 16 heavy (non-hydrogen) atoms. The minimum Gasteiger partial charge on any atom is -0.480 e. The lowest BCUT2D eigenvalue weighted by atomic mass is 10.0. The maximum atomic E-state index is 11.8. The van der Waals surface area contributed by atoms with Crippen LogP contribution in [0, 0.1) is 17.8 Å². The van der Waals surface area contributed by atoms with E-state index in [4.69, 9.17) is 5.11 Å². The fourth-order valence-corrected chi connectivity index (χ4v) is 2.61. The largest absolute Gasteiger partial charge is 0.480 e. The van der Waals surface area contributed by atoms with Gasteiger partial charge in [0.1, 0.15) is 6.04 Å². The van der Waals surface area contributed by atoms with E-state index in [0.29, 0.717) is 0 Å². The zero-order valence-electron chi connectivity index (χ0n) is 9.19. The molecule has 0 aromatic heterocycles. The summed E-state index contributed by atoms with van der Waals surface area (Å²) in [6.45, 7) is 3.49. The summed E-state index contributed by atoms with van der Waals surface area (Å²) in [5.41, 5.74) is 0. The van der Waals surface area contributed by atoms with Gasteiger partial charge in [-0.05, 0) is 37.5 Å². The fourth-order valence-electron chi connectivity index (χ4n) is 2.61. The van der Waals surface area contributed by atoms with Crippen LogP contribution in [0.4, 0.5) is 0 Å². The molecule has 0 aromatic carbocycles. The maximum absolute atomic E-state index is 11.8. The Bertz CT molecular complexity index is 316. The average Bonchev–Trinajstić information content (AvgIpc) is 2.84. The van der Waals surface area contributed by atoms with Crippen molar-refractivity contribution in [1.29, 1.82) is 0 Å². The number of fused-ring (bicyclic) bond motifs is 1. The molecule has 2 fully saturated rings. The molecule has 0 radical (unpaired) electrons. The highest BCUT2D eigenvalue weighted by atomic mass is 16.4. The first-order chi connectivity index (χ1) is 7.61. The highest BCUT2D eigenvalue weighted by Crippen LogP contribution is 2.54. The van der Waals surface area contributed by atoms with E-state index in [1.165, 1.54) is 12.5 Å². The van der Waals surface area contributed by atoms with E-state index in [9.17, 15) is 9.59 Å². The molecular weight excluding hydrogens is 206 g/mol. The number of hydrogen-bond acceptors (Lipinski definition) is 2. The Balaban J connectivity index is 1.84. The Morgan fingerprint density at radius 1 is 1.38 bits per heavy atom. The summed E-state index contributed by atoms with van der Waals surface area (Å²) in [5.74, 6) is 0.421. The van der Waals surface area contributed by atoms with Crippen LogP contribution in [0.3, 0.4) is 0 Å². The monoisotopic (exact) mass is 223 g/mol. The highest BCUT2D eigenvalue weighted by Gasteiger charge is 2.48. The molecule has 4 nitrogen and oxygen atoms in total. The van der Waals surface area contributed by atoms with Crippen LogP contribution >= 0.6 is 0 Å². The van der Waals surface area contributed by atoms with Gasteiger partial charge in [-0.25, -0.2) is 4.79 Å². The number of carboxylic acids is 1. The highest BCUT2D eigenvalue weighted by molar-refractivity contribution is 5.85. The maximum Gasteiger partial charge on any atom is 0.326 e. The molecule has 0 aromatic rings. The average molecular weight is 223 g/mol. The Labute approximate surface area is 94.7 Å². The molecule has 88 valence electrons. The number of carboxylic acid groups (broad SMARTS) is 1. The predicted octanol–water partition coefficient (Wildman–Crippen LogP) is 1.18. The lowest BCUT2D eigenvalue weighted by molar-refractivity contribution is -0.142. The van der Waals surface area contributed by atoms with Crippen LogP contribution in [0.2, 0.25) is 0 Å². The molecule has 0 saturated heterocycles. The Morgan fingerprint density at radius 3 is 2.50 bits per heavy atom. The third kappa shape index (κ3) is 2.26. The normalized spacial score (nSPS) is 32.6. The quantitative estimate of drug-likeness (QED) is 0.688. The third-order valence-corrected chi connectivity index (χ3v) is 3.63. The molecule has 2 aliphatic carbocycles. The fraction of sp³-hybridized carbons (Fsp3) is 0.667. The second-order valence-electron chi connectivity index (χ2n) is 4.85. The molecule has 0 aliphatic heterocycles. The minimum atomic E-state index is -0.989. The molecule has 0 spiro atoms. The van der Waals surface area contributed by atoms with Crippen molar-refractivity contribution in [2.45, 2.75) is 31.7 Å². The van der Waals surface area contributed by atoms with Crippen LogP contribution in [0.1, 0.15) is 25.7 Å². The summed E-state index contributed by atoms with van der Waals surface area (Å²) in [6, 6.07) is -0.818. The molecule has 2 saturated carbocycles. The predicted molar refractivity (Wildman–Crippen MR) is 58.7 cm³/mol.